The summed E-state index contributed by atoms with van der Waals surface area (Å²) < 4.78 is 19.3. The van der Waals surface area contributed by atoms with Gasteiger partial charge >= 0.3 is 0 Å². The summed E-state index contributed by atoms with van der Waals surface area (Å²) in [5.41, 5.74) is 1.57. The molecule has 2 aromatic rings. The minimum absolute atomic E-state index is 0.0703. The Kier molecular flexibility index (Phi) is 5.61. The molecular weight excluding hydrogens is 421 g/mol. The van der Waals surface area contributed by atoms with Crippen molar-refractivity contribution in [2.75, 3.05) is 7.11 Å². The zero-order chi connectivity index (χ0) is 23.3. The average molecular weight is 452 g/mol. The normalized spacial score (nSPS) is 29.8. The average Bonchev–Trinajstić information content (AvgIpc) is 2.76. The summed E-state index contributed by atoms with van der Waals surface area (Å²) in [5, 5.41) is 14.1. The number of halogens is 1. The predicted octanol–water partition coefficient (Wildman–Crippen LogP) is 4.18. The first kappa shape index (κ1) is 22.2. The van der Waals surface area contributed by atoms with Crippen molar-refractivity contribution in [1.82, 2.24) is 5.32 Å². The summed E-state index contributed by atoms with van der Waals surface area (Å²) in [4.78, 5) is 26.3. The molecule has 5 nitrogen and oxygen atoms in total. The number of carbonyl (C=O) groups is 2. The summed E-state index contributed by atoms with van der Waals surface area (Å²) in [5.74, 6) is 0.314. The molecule has 2 N–H and O–H groups in total. The second-order valence-electron chi connectivity index (χ2n) is 10.2. The van der Waals surface area contributed by atoms with Crippen LogP contribution in [-0.2, 0) is 11.3 Å². The fraction of sp³-hybridized carbons (Fsp3) is 0.481. The van der Waals surface area contributed by atoms with Crippen LogP contribution >= 0.6 is 0 Å². The molecule has 0 spiro atoms. The molecule has 0 aliphatic heterocycles. The van der Waals surface area contributed by atoms with Gasteiger partial charge in [0.15, 0.2) is 5.78 Å². The molecule has 4 aliphatic carbocycles. The molecular formula is C27H30FNO4. The Hall–Kier alpha value is -2.57. The van der Waals surface area contributed by atoms with Crippen LogP contribution in [-0.4, -0.2) is 35.5 Å². The highest BCUT2D eigenvalue weighted by Gasteiger charge is 2.55. The number of amides is 1. The standard InChI is InChI=1S/C27H30FNO4/c1-15-21(4-3-5-23(15)28)25(30)17-6-7-22(20(10-17)14-33-2)26(31)29-24-18-8-16-9-19(24)13-27(32,11-16)12-18/h3-7,10,16,18-19,24,32H,8-9,11-14H2,1-2H3,(H,29,31). The number of rotatable bonds is 6. The van der Waals surface area contributed by atoms with E-state index in [0.717, 1.165) is 32.1 Å². The van der Waals surface area contributed by atoms with Crippen molar-refractivity contribution in [3.63, 3.8) is 0 Å². The number of aliphatic hydroxyl groups is 1. The molecule has 0 radical (unpaired) electrons. The van der Waals surface area contributed by atoms with Crippen molar-refractivity contribution in [3.8, 4) is 0 Å². The van der Waals surface area contributed by atoms with Crippen molar-refractivity contribution in [1.29, 1.82) is 0 Å². The van der Waals surface area contributed by atoms with Gasteiger partial charge in [0.2, 0.25) is 0 Å². The van der Waals surface area contributed by atoms with Crippen molar-refractivity contribution < 1.29 is 23.8 Å². The van der Waals surface area contributed by atoms with Gasteiger partial charge in [-0.3, -0.25) is 9.59 Å². The highest BCUT2D eigenvalue weighted by atomic mass is 19.1. The molecule has 0 heterocycles. The van der Waals surface area contributed by atoms with Gasteiger partial charge in [-0.1, -0.05) is 18.2 Å². The Labute approximate surface area is 193 Å². The molecule has 2 atom stereocenters. The van der Waals surface area contributed by atoms with Crippen molar-refractivity contribution in [2.24, 2.45) is 17.8 Å². The third-order valence-electron chi connectivity index (χ3n) is 7.96. The van der Waals surface area contributed by atoms with E-state index in [9.17, 15) is 19.1 Å². The molecule has 2 aromatic carbocycles. The minimum atomic E-state index is -0.546. The number of methoxy groups -OCH3 is 1. The highest BCUT2D eigenvalue weighted by molar-refractivity contribution is 6.10. The molecule has 6 heteroatoms. The number of ether oxygens (including phenoxy) is 1. The molecule has 0 saturated heterocycles. The Balaban J connectivity index is 1.39. The van der Waals surface area contributed by atoms with Crippen molar-refractivity contribution in [3.05, 3.63) is 70.0 Å². The van der Waals surface area contributed by atoms with Gasteiger partial charge in [0.1, 0.15) is 5.82 Å². The van der Waals surface area contributed by atoms with Gasteiger partial charge in [0, 0.05) is 29.8 Å². The minimum Gasteiger partial charge on any atom is -0.390 e. The van der Waals surface area contributed by atoms with E-state index < -0.39 is 11.4 Å². The van der Waals surface area contributed by atoms with Crippen LogP contribution in [0.5, 0.6) is 0 Å². The Morgan fingerprint density at radius 1 is 1.12 bits per heavy atom. The number of ketones is 1. The van der Waals surface area contributed by atoms with Gasteiger partial charge in [-0.25, -0.2) is 4.39 Å². The highest BCUT2D eigenvalue weighted by Crippen LogP contribution is 2.55. The first-order valence-corrected chi connectivity index (χ1v) is 11.7. The summed E-state index contributed by atoms with van der Waals surface area (Å²) in [6, 6.07) is 9.49. The molecule has 6 rings (SSSR count). The lowest BCUT2D eigenvalue weighted by Gasteiger charge is -2.58. The quantitative estimate of drug-likeness (QED) is 0.646. The van der Waals surface area contributed by atoms with Crippen LogP contribution in [0.4, 0.5) is 4.39 Å². The van der Waals surface area contributed by atoms with Crippen LogP contribution in [0.3, 0.4) is 0 Å². The van der Waals surface area contributed by atoms with Gasteiger partial charge in [0.25, 0.3) is 5.91 Å². The number of nitrogens with one attached hydrogen (secondary N) is 1. The fourth-order valence-electron chi connectivity index (χ4n) is 6.69. The monoisotopic (exact) mass is 451 g/mol. The van der Waals surface area contributed by atoms with Gasteiger partial charge in [-0.15, -0.1) is 0 Å². The third kappa shape index (κ3) is 4.00. The summed E-state index contributed by atoms with van der Waals surface area (Å²) in [7, 11) is 1.55. The second kappa shape index (κ2) is 8.33. The topological polar surface area (TPSA) is 75.6 Å². The first-order chi connectivity index (χ1) is 15.8. The summed E-state index contributed by atoms with van der Waals surface area (Å²) in [6.07, 6.45) is 4.55. The van der Waals surface area contributed by atoms with Crippen LogP contribution < -0.4 is 5.32 Å². The maximum Gasteiger partial charge on any atom is 0.251 e. The Morgan fingerprint density at radius 3 is 2.52 bits per heavy atom. The van der Waals surface area contributed by atoms with Gasteiger partial charge in [-0.2, -0.15) is 0 Å². The van der Waals surface area contributed by atoms with E-state index in [1.165, 1.54) is 12.1 Å². The van der Waals surface area contributed by atoms with E-state index in [-0.39, 0.29) is 24.3 Å². The largest absolute Gasteiger partial charge is 0.390 e. The zero-order valence-corrected chi connectivity index (χ0v) is 19.1. The number of carbonyl (C=O) groups excluding carboxylic acids is 2. The van der Waals surface area contributed by atoms with Crippen molar-refractivity contribution in [2.45, 2.75) is 57.3 Å². The molecule has 4 saturated carbocycles. The first-order valence-electron chi connectivity index (χ1n) is 11.7. The van der Waals surface area contributed by atoms with E-state index >= 15 is 0 Å². The molecule has 174 valence electrons. The van der Waals surface area contributed by atoms with E-state index in [2.05, 4.69) is 5.32 Å². The van der Waals surface area contributed by atoms with E-state index in [0.29, 0.717) is 45.6 Å². The molecule has 33 heavy (non-hydrogen) atoms. The molecule has 4 aliphatic rings. The van der Waals surface area contributed by atoms with Gasteiger partial charge in [0.05, 0.1) is 12.2 Å². The second-order valence-corrected chi connectivity index (χ2v) is 10.2. The summed E-state index contributed by atoms with van der Waals surface area (Å²) >= 11 is 0. The smallest absolute Gasteiger partial charge is 0.251 e. The third-order valence-corrected chi connectivity index (χ3v) is 7.96. The SMILES string of the molecule is COCc1cc(C(=O)c2cccc(F)c2C)ccc1C(=O)NC1C2CC3CC1CC(O)(C3)C2. The molecule has 4 bridgehead atoms. The van der Waals surface area contributed by atoms with Gasteiger partial charge in [-0.05, 0) is 86.1 Å². The molecule has 2 unspecified atom stereocenters. The maximum absolute atomic E-state index is 14.0. The predicted molar refractivity (Wildman–Crippen MR) is 121 cm³/mol. The van der Waals surface area contributed by atoms with Crippen LogP contribution in [0.2, 0.25) is 0 Å². The molecule has 4 fully saturated rings. The number of hydrogen-bond acceptors (Lipinski definition) is 4. The van der Waals surface area contributed by atoms with E-state index in [4.69, 9.17) is 4.74 Å². The Bertz CT molecular complexity index is 1100. The number of benzene rings is 2. The lowest BCUT2D eigenvalue weighted by molar-refractivity contribution is -0.136. The maximum atomic E-state index is 14.0. The lowest BCUT2D eigenvalue weighted by Crippen LogP contribution is -2.61. The molecule has 0 aromatic heterocycles. The molecule has 1 amide bonds. The summed E-state index contributed by atoms with van der Waals surface area (Å²) in [6.45, 7) is 1.77. The Morgan fingerprint density at radius 2 is 1.85 bits per heavy atom. The van der Waals surface area contributed by atoms with Crippen LogP contribution in [0.1, 0.15) is 69.5 Å². The fourth-order valence-corrected chi connectivity index (χ4v) is 6.69. The van der Waals surface area contributed by atoms with Crippen LogP contribution in [0.15, 0.2) is 36.4 Å². The van der Waals surface area contributed by atoms with Crippen LogP contribution in [0.25, 0.3) is 0 Å². The number of hydrogen-bond donors (Lipinski definition) is 2. The van der Waals surface area contributed by atoms with E-state index in [1.807, 2.05) is 0 Å². The van der Waals surface area contributed by atoms with Gasteiger partial charge < -0.3 is 15.2 Å². The van der Waals surface area contributed by atoms with Crippen LogP contribution in [0, 0.1) is 30.5 Å². The lowest BCUT2D eigenvalue weighted by atomic mass is 9.52. The van der Waals surface area contributed by atoms with E-state index in [1.54, 1.807) is 38.3 Å². The zero-order valence-electron chi connectivity index (χ0n) is 19.1. The van der Waals surface area contributed by atoms with Crippen molar-refractivity contribution >= 4 is 11.7 Å².